The van der Waals surface area contributed by atoms with Gasteiger partial charge in [0, 0.05) is 23.9 Å². The number of alkyl halides is 6. The number of fused-ring (bicyclic) bond motifs is 1. The standard InChI is InChI=1S/C27H29F6NO3/c1-4-7-11-22-24(17-10-8-9-12-21(17)37-22)25(35)18-15-20(27(31,32)33)23(16-19(18)26(28,29)30)36-14-13-34(5-2)6-3/h8-10,12,15-16H,4-7,11,13-14H2,1-3H3. The van der Waals surface area contributed by atoms with Crippen LogP contribution < -0.4 is 4.74 Å². The number of ketones is 1. The Bertz CT molecular complexity index is 1230. The Labute approximate surface area is 211 Å². The molecule has 0 radical (unpaired) electrons. The van der Waals surface area contributed by atoms with Crippen LogP contribution in [0.1, 0.15) is 66.4 Å². The maximum absolute atomic E-state index is 14.1. The van der Waals surface area contributed by atoms with E-state index >= 15 is 0 Å². The molecule has 37 heavy (non-hydrogen) atoms. The number of hydrogen-bond acceptors (Lipinski definition) is 4. The zero-order valence-corrected chi connectivity index (χ0v) is 20.9. The van der Waals surface area contributed by atoms with E-state index in [0.29, 0.717) is 19.5 Å². The molecular weight excluding hydrogens is 500 g/mol. The van der Waals surface area contributed by atoms with Crippen molar-refractivity contribution in [1.29, 1.82) is 0 Å². The highest BCUT2D eigenvalue weighted by molar-refractivity contribution is 6.17. The summed E-state index contributed by atoms with van der Waals surface area (Å²) in [4.78, 5) is 15.4. The second-order valence-electron chi connectivity index (χ2n) is 8.59. The summed E-state index contributed by atoms with van der Waals surface area (Å²) in [5, 5.41) is 0.250. The molecule has 1 heterocycles. The molecule has 0 amide bonds. The summed E-state index contributed by atoms with van der Waals surface area (Å²) in [6.45, 7) is 6.78. The minimum atomic E-state index is -5.10. The molecule has 3 aromatic rings. The Hall–Kier alpha value is -3.01. The lowest BCUT2D eigenvalue weighted by molar-refractivity contribution is -0.142. The summed E-state index contributed by atoms with van der Waals surface area (Å²) >= 11 is 0. The van der Waals surface area contributed by atoms with Crippen LogP contribution in [0.2, 0.25) is 0 Å². The van der Waals surface area contributed by atoms with Crippen molar-refractivity contribution in [3.05, 3.63) is 64.4 Å². The van der Waals surface area contributed by atoms with Gasteiger partial charge < -0.3 is 14.1 Å². The number of ether oxygens (including phenoxy) is 1. The van der Waals surface area contributed by atoms with Gasteiger partial charge in [-0.2, -0.15) is 26.3 Å². The van der Waals surface area contributed by atoms with Gasteiger partial charge in [0.05, 0.1) is 16.7 Å². The van der Waals surface area contributed by atoms with Crippen LogP contribution in [0.5, 0.6) is 5.75 Å². The van der Waals surface area contributed by atoms with Gasteiger partial charge in [0.15, 0.2) is 5.78 Å². The molecule has 2 aromatic carbocycles. The van der Waals surface area contributed by atoms with E-state index in [-0.39, 0.29) is 54.0 Å². The number of hydrogen-bond donors (Lipinski definition) is 0. The monoisotopic (exact) mass is 529 g/mol. The molecule has 1 aromatic heterocycles. The SMILES string of the molecule is CCCCc1oc2ccccc2c1C(=O)c1cc(C(F)(F)F)c(OCCN(CC)CC)cc1C(F)(F)F. The normalized spacial score (nSPS) is 12.5. The molecule has 0 saturated heterocycles. The first kappa shape index (κ1) is 28.6. The van der Waals surface area contributed by atoms with Crippen molar-refractivity contribution in [2.75, 3.05) is 26.2 Å². The number of para-hydroxylation sites is 1. The fourth-order valence-electron chi connectivity index (χ4n) is 4.16. The van der Waals surface area contributed by atoms with Crippen molar-refractivity contribution in [2.45, 2.75) is 52.4 Å². The van der Waals surface area contributed by atoms with Gasteiger partial charge in [0.1, 0.15) is 23.7 Å². The molecule has 0 aliphatic carbocycles. The smallest absolute Gasteiger partial charge is 0.419 e. The lowest BCUT2D eigenvalue weighted by Gasteiger charge is -2.21. The van der Waals surface area contributed by atoms with Crippen molar-refractivity contribution in [3.8, 4) is 5.75 Å². The minimum Gasteiger partial charge on any atom is -0.492 e. The van der Waals surface area contributed by atoms with E-state index in [2.05, 4.69) is 0 Å². The number of aryl methyl sites for hydroxylation is 1. The molecule has 3 rings (SSSR count). The van der Waals surface area contributed by atoms with Gasteiger partial charge in [-0.05, 0) is 37.7 Å². The van der Waals surface area contributed by atoms with Gasteiger partial charge in [-0.1, -0.05) is 45.4 Å². The summed E-state index contributed by atoms with van der Waals surface area (Å²) in [5.41, 5.74) is -3.91. The average Bonchev–Trinajstić information content (AvgIpc) is 3.21. The van der Waals surface area contributed by atoms with Crippen LogP contribution in [-0.2, 0) is 18.8 Å². The molecule has 0 aliphatic rings. The number of furan rings is 1. The van der Waals surface area contributed by atoms with Gasteiger partial charge in [-0.15, -0.1) is 0 Å². The number of unbranched alkanes of at least 4 members (excludes halogenated alkanes) is 1. The fraction of sp³-hybridized carbons (Fsp3) is 0.444. The highest BCUT2D eigenvalue weighted by atomic mass is 19.4. The molecule has 0 saturated carbocycles. The first-order valence-electron chi connectivity index (χ1n) is 12.1. The minimum absolute atomic E-state index is 0.147. The topological polar surface area (TPSA) is 42.7 Å². The van der Waals surface area contributed by atoms with Crippen LogP contribution in [0.4, 0.5) is 26.3 Å². The van der Waals surface area contributed by atoms with Crippen molar-refractivity contribution in [2.24, 2.45) is 0 Å². The molecule has 10 heteroatoms. The lowest BCUT2D eigenvalue weighted by atomic mass is 9.92. The fourth-order valence-corrected chi connectivity index (χ4v) is 4.16. The van der Waals surface area contributed by atoms with Gasteiger partial charge >= 0.3 is 12.4 Å². The number of likely N-dealkylation sites (N-methyl/N-ethyl adjacent to an activating group) is 1. The zero-order valence-electron chi connectivity index (χ0n) is 20.9. The van der Waals surface area contributed by atoms with Gasteiger partial charge in [-0.3, -0.25) is 4.79 Å². The predicted molar refractivity (Wildman–Crippen MR) is 128 cm³/mol. The highest BCUT2D eigenvalue weighted by Gasteiger charge is 2.42. The van der Waals surface area contributed by atoms with Crippen LogP contribution in [0.3, 0.4) is 0 Å². The number of halogens is 6. The van der Waals surface area contributed by atoms with E-state index in [4.69, 9.17) is 9.15 Å². The summed E-state index contributed by atoms with van der Waals surface area (Å²) in [6.07, 6.45) is -8.59. The Morgan fingerprint density at radius 1 is 0.946 bits per heavy atom. The summed E-state index contributed by atoms with van der Waals surface area (Å²) in [6, 6.07) is 6.81. The van der Waals surface area contributed by atoms with Gasteiger partial charge in [-0.25, -0.2) is 0 Å². The largest absolute Gasteiger partial charge is 0.492 e. The Morgan fingerprint density at radius 3 is 2.19 bits per heavy atom. The Kier molecular flexibility index (Phi) is 8.94. The van der Waals surface area contributed by atoms with E-state index in [0.717, 1.165) is 6.42 Å². The third kappa shape index (κ3) is 6.47. The Morgan fingerprint density at radius 2 is 1.59 bits per heavy atom. The zero-order chi connectivity index (χ0) is 27.4. The molecule has 0 bridgehead atoms. The van der Waals surface area contributed by atoms with E-state index in [1.54, 1.807) is 18.2 Å². The molecule has 4 nitrogen and oxygen atoms in total. The van der Waals surface area contributed by atoms with Crippen LogP contribution in [0.25, 0.3) is 11.0 Å². The van der Waals surface area contributed by atoms with Crippen LogP contribution in [0, 0.1) is 0 Å². The molecule has 0 spiro atoms. The van der Waals surface area contributed by atoms with E-state index in [1.165, 1.54) is 6.07 Å². The second-order valence-corrected chi connectivity index (χ2v) is 8.59. The van der Waals surface area contributed by atoms with Crippen LogP contribution in [-0.4, -0.2) is 36.9 Å². The summed E-state index contributed by atoms with van der Waals surface area (Å²) < 4.78 is 95.2. The number of benzene rings is 2. The van der Waals surface area contributed by atoms with Crippen molar-refractivity contribution in [1.82, 2.24) is 4.90 Å². The molecular formula is C27H29F6NO3. The van der Waals surface area contributed by atoms with Gasteiger partial charge in [0.2, 0.25) is 0 Å². The molecule has 0 unspecified atom stereocenters. The molecule has 202 valence electrons. The van der Waals surface area contributed by atoms with Crippen LogP contribution >= 0.6 is 0 Å². The number of carbonyl (C=O) groups is 1. The van der Waals surface area contributed by atoms with Crippen molar-refractivity contribution >= 4 is 16.8 Å². The van der Waals surface area contributed by atoms with Crippen molar-refractivity contribution < 1.29 is 40.3 Å². The summed E-state index contributed by atoms with van der Waals surface area (Å²) in [5.74, 6) is -2.00. The molecule has 0 fully saturated rings. The molecule has 0 N–H and O–H groups in total. The van der Waals surface area contributed by atoms with Gasteiger partial charge in [0.25, 0.3) is 0 Å². The highest BCUT2D eigenvalue weighted by Crippen LogP contribution is 2.43. The van der Waals surface area contributed by atoms with Crippen LogP contribution in [0.15, 0.2) is 40.8 Å². The number of rotatable bonds is 11. The summed E-state index contributed by atoms with van der Waals surface area (Å²) in [7, 11) is 0. The quantitative estimate of drug-likeness (QED) is 0.188. The van der Waals surface area contributed by atoms with E-state index < -0.39 is 40.6 Å². The maximum atomic E-state index is 14.1. The second kappa shape index (κ2) is 11.6. The number of nitrogens with zero attached hydrogens (tertiary/aromatic N) is 1. The molecule has 0 atom stereocenters. The molecule has 0 aliphatic heterocycles. The third-order valence-corrected chi connectivity index (χ3v) is 6.19. The average molecular weight is 530 g/mol. The third-order valence-electron chi connectivity index (χ3n) is 6.19. The van der Waals surface area contributed by atoms with E-state index in [1.807, 2.05) is 25.7 Å². The van der Waals surface area contributed by atoms with Crippen molar-refractivity contribution in [3.63, 3.8) is 0 Å². The number of carbonyl (C=O) groups excluding carboxylic acids is 1. The van der Waals surface area contributed by atoms with E-state index in [9.17, 15) is 31.1 Å². The predicted octanol–water partition coefficient (Wildman–Crippen LogP) is 7.76. The lowest BCUT2D eigenvalue weighted by Crippen LogP contribution is -2.28. The first-order valence-corrected chi connectivity index (χ1v) is 12.1. The first-order chi connectivity index (χ1) is 17.4. The Balaban J connectivity index is 2.17. The maximum Gasteiger partial charge on any atom is 0.419 e.